The topological polar surface area (TPSA) is 86.7 Å². The molecular weight excluding hydrogens is 419 g/mol. The molecule has 1 aromatic carbocycles. The van der Waals surface area contributed by atoms with Gasteiger partial charge in [0.1, 0.15) is 10.9 Å². The van der Waals surface area contributed by atoms with E-state index in [2.05, 4.69) is 5.32 Å². The van der Waals surface area contributed by atoms with Gasteiger partial charge in [-0.2, -0.15) is 0 Å². The van der Waals surface area contributed by atoms with Gasteiger partial charge in [-0.15, -0.1) is 0 Å². The third-order valence-electron chi connectivity index (χ3n) is 3.33. The maximum absolute atomic E-state index is 12.5. The summed E-state index contributed by atoms with van der Waals surface area (Å²) in [6.45, 7) is -0.00769. The van der Waals surface area contributed by atoms with Crippen LogP contribution in [0.2, 0.25) is 10.0 Å². The molecule has 0 atom stereocenters. The van der Waals surface area contributed by atoms with Gasteiger partial charge in [-0.05, 0) is 24.1 Å². The summed E-state index contributed by atoms with van der Waals surface area (Å²) in [5.74, 6) is -1.73. The van der Waals surface area contributed by atoms with Gasteiger partial charge in [-0.1, -0.05) is 59.3 Å². The Balaban J connectivity index is 2.00. The van der Waals surface area contributed by atoms with Crippen LogP contribution in [0.15, 0.2) is 23.1 Å². The molecule has 0 aromatic heterocycles. The molecule has 1 saturated heterocycles. The third-order valence-corrected chi connectivity index (χ3v) is 5.54. The molecule has 1 heterocycles. The molecule has 0 unspecified atom stereocenters. The molecule has 2 N–H and O–H groups in total. The number of hydrogen-bond acceptors (Lipinski definition) is 5. The van der Waals surface area contributed by atoms with Crippen LogP contribution in [0, 0.1) is 0 Å². The molecule has 0 radical (unpaired) electrons. The highest BCUT2D eigenvalue weighted by molar-refractivity contribution is 8.26. The molecule has 0 saturated carbocycles. The maximum Gasteiger partial charge on any atom is 0.303 e. The molecule has 1 aliphatic heterocycles. The Labute approximate surface area is 169 Å². The summed E-state index contributed by atoms with van der Waals surface area (Å²) in [5, 5.41) is 11.8. The monoisotopic (exact) mass is 432 g/mol. The summed E-state index contributed by atoms with van der Waals surface area (Å²) in [7, 11) is 0. The molecule has 0 aliphatic carbocycles. The van der Waals surface area contributed by atoms with Gasteiger partial charge in [-0.25, -0.2) is 0 Å². The smallest absolute Gasteiger partial charge is 0.303 e. The number of benzene rings is 1. The number of nitrogens with zero attached hydrogens (tertiary/aromatic N) is 1. The van der Waals surface area contributed by atoms with Crippen molar-refractivity contribution in [1.82, 2.24) is 10.2 Å². The number of carbonyl (C=O) groups is 3. The average molecular weight is 433 g/mol. The van der Waals surface area contributed by atoms with Crippen molar-refractivity contribution in [2.75, 3.05) is 13.1 Å². The normalized spacial score (nSPS) is 15.6. The number of carboxylic acids is 1. The number of rotatable bonds is 7. The number of hydrogen-bond donors (Lipinski definition) is 2. The zero-order valence-corrected chi connectivity index (χ0v) is 16.5. The van der Waals surface area contributed by atoms with Gasteiger partial charge in [0.15, 0.2) is 0 Å². The van der Waals surface area contributed by atoms with Crippen LogP contribution in [0.25, 0.3) is 6.08 Å². The molecule has 6 nitrogen and oxygen atoms in total. The first-order valence-electron chi connectivity index (χ1n) is 7.47. The van der Waals surface area contributed by atoms with Crippen LogP contribution in [-0.2, 0) is 14.4 Å². The predicted molar refractivity (Wildman–Crippen MR) is 106 cm³/mol. The number of nitrogens with one attached hydrogen (secondary N) is 1. The van der Waals surface area contributed by atoms with Gasteiger partial charge in [0.25, 0.3) is 5.91 Å². The number of aliphatic carboxylic acids is 1. The highest BCUT2D eigenvalue weighted by atomic mass is 35.5. The number of carbonyl (C=O) groups excluding carboxylic acids is 2. The minimum absolute atomic E-state index is 0.0372. The van der Waals surface area contributed by atoms with Gasteiger partial charge in [-0.3, -0.25) is 19.3 Å². The van der Waals surface area contributed by atoms with Crippen LogP contribution in [-0.4, -0.2) is 45.2 Å². The van der Waals surface area contributed by atoms with Crippen molar-refractivity contribution in [3.05, 3.63) is 38.7 Å². The van der Waals surface area contributed by atoms with Crippen LogP contribution in [0.3, 0.4) is 0 Å². The predicted octanol–water partition coefficient (Wildman–Crippen LogP) is 3.18. The molecule has 0 spiro atoms. The molecule has 1 fully saturated rings. The Hall–Kier alpha value is -1.61. The van der Waals surface area contributed by atoms with Crippen molar-refractivity contribution < 1.29 is 19.5 Å². The average Bonchev–Trinajstić information content (AvgIpc) is 2.83. The summed E-state index contributed by atoms with van der Waals surface area (Å²) in [5.41, 5.74) is 0.581. The van der Waals surface area contributed by atoms with Crippen molar-refractivity contribution in [2.24, 2.45) is 0 Å². The van der Waals surface area contributed by atoms with Crippen LogP contribution >= 0.6 is 47.2 Å². The highest BCUT2D eigenvalue weighted by Crippen LogP contribution is 2.35. The van der Waals surface area contributed by atoms with E-state index in [0.29, 0.717) is 26.9 Å². The molecule has 1 aliphatic rings. The van der Waals surface area contributed by atoms with Crippen molar-refractivity contribution in [1.29, 1.82) is 0 Å². The van der Waals surface area contributed by atoms with Crippen molar-refractivity contribution in [3.63, 3.8) is 0 Å². The second kappa shape index (κ2) is 9.36. The van der Waals surface area contributed by atoms with E-state index in [-0.39, 0.29) is 23.8 Å². The fourth-order valence-corrected chi connectivity index (χ4v) is 3.68. The Morgan fingerprint density at radius 1 is 1.35 bits per heavy atom. The summed E-state index contributed by atoms with van der Waals surface area (Å²) in [6.07, 6.45) is 1.86. The fourth-order valence-electron chi connectivity index (χ4n) is 2.08. The Morgan fingerprint density at radius 2 is 2.08 bits per heavy atom. The number of thiocarbonyl (C=S) groups is 1. The molecule has 1 aromatic rings. The van der Waals surface area contributed by atoms with E-state index in [9.17, 15) is 14.4 Å². The number of carboxylic acid groups (broad SMARTS) is 1. The lowest BCUT2D eigenvalue weighted by Crippen LogP contribution is -2.39. The van der Waals surface area contributed by atoms with Crippen LogP contribution in [0.4, 0.5) is 0 Å². The molecule has 10 heteroatoms. The summed E-state index contributed by atoms with van der Waals surface area (Å²) >= 11 is 18.3. The van der Waals surface area contributed by atoms with Gasteiger partial charge in [0, 0.05) is 13.0 Å². The lowest BCUT2D eigenvalue weighted by Gasteiger charge is -2.14. The summed E-state index contributed by atoms with van der Waals surface area (Å²) < 4.78 is 0.264. The lowest BCUT2D eigenvalue weighted by molar-refractivity contribution is -0.137. The van der Waals surface area contributed by atoms with Gasteiger partial charge >= 0.3 is 5.97 Å². The molecule has 2 rings (SSSR count). The fraction of sp³-hybridized carbons (Fsp3) is 0.250. The van der Waals surface area contributed by atoms with Gasteiger partial charge in [0.2, 0.25) is 5.91 Å². The van der Waals surface area contributed by atoms with E-state index in [0.717, 1.165) is 11.8 Å². The molecular formula is C16H14Cl2N2O4S2. The number of halogens is 2. The zero-order chi connectivity index (χ0) is 19.3. The third kappa shape index (κ3) is 5.44. The van der Waals surface area contributed by atoms with E-state index < -0.39 is 17.8 Å². The van der Waals surface area contributed by atoms with Gasteiger partial charge < -0.3 is 10.4 Å². The lowest BCUT2D eigenvalue weighted by atomic mass is 10.2. The quantitative estimate of drug-likeness (QED) is 0.390. The largest absolute Gasteiger partial charge is 0.481 e. The second-order valence-corrected chi connectivity index (χ2v) is 7.72. The molecule has 138 valence electrons. The standard InChI is InChI=1S/C16H14Cl2N2O4S2/c17-10-4-1-3-9(14(10)18)7-11-15(24)20(16(25)26-11)8-12(21)19-6-2-5-13(22)23/h1,3-4,7H,2,5-6,8H2,(H,19,21)(H,22,23)/b11-7-. The van der Waals surface area contributed by atoms with E-state index in [1.807, 2.05) is 0 Å². The molecule has 26 heavy (non-hydrogen) atoms. The van der Waals surface area contributed by atoms with Crippen molar-refractivity contribution >= 4 is 75.4 Å². The summed E-state index contributed by atoms with van der Waals surface area (Å²) in [4.78, 5) is 36.4. The van der Waals surface area contributed by atoms with E-state index in [4.69, 9.17) is 40.5 Å². The minimum atomic E-state index is -0.930. The van der Waals surface area contributed by atoms with E-state index in [1.165, 1.54) is 4.90 Å². The first-order chi connectivity index (χ1) is 12.3. The highest BCUT2D eigenvalue weighted by Gasteiger charge is 2.33. The Kier molecular flexibility index (Phi) is 7.45. The van der Waals surface area contributed by atoms with Crippen LogP contribution in [0.5, 0.6) is 0 Å². The Morgan fingerprint density at radius 3 is 2.77 bits per heavy atom. The minimum Gasteiger partial charge on any atom is -0.481 e. The zero-order valence-electron chi connectivity index (χ0n) is 13.3. The first-order valence-corrected chi connectivity index (χ1v) is 9.45. The second-order valence-electron chi connectivity index (χ2n) is 5.26. The van der Waals surface area contributed by atoms with Crippen LogP contribution < -0.4 is 5.32 Å². The van der Waals surface area contributed by atoms with Gasteiger partial charge in [0.05, 0.1) is 15.0 Å². The molecule has 0 bridgehead atoms. The maximum atomic E-state index is 12.5. The van der Waals surface area contributed by atoms with E-state index >= 15 is 0 Å². The van der Waals surface area contributed by atoms with Crippen molar-refractivity contribution in [2.45, 2.75) is 12.8 Å². The number of thioether (sulfide) groups is 1. The first kappa shape index (κ1) is 20.7. The SMILES string of the molecule is O=C(O)CCCNC(=O)CN1C(=O)/C(=C/c2cccc(Cl)c2Cl)SC1=S. The van der Waals surface area contributed by atoms with Crippen LogP contribution in [0.1, 0.15) is 18.4 Å². The number of amides is 2. The van der Waals surface area contributed by atoms with Crippen molar-refractivity contribution in [3.8, 4) is 0 Å². The Bertz CT molecular complexity index is 798. The molecule has 2 amide bonds. The van der Waals surface area contributed by atoms with E-state index in [1.54, 1.807) is 24.3 Å². The summed E-state index contributed by atoms with van der Waals surface area (Å²) in [6, 6.07) is 5.07.